The molecule has 0 aliphatic heterocycles. The van der Waals surface area contributed by atoms with Crippen molar-refractivity contribution >= 4 is 17.7 Å². The fraction of sp³-hybridized carbons (Fsp3) is 0.409. The summed E-state index contributed by atoms with van der Waals surface area (Å²) >= 11 is 0. The predicted octanol–water partition coefficient (Wildman–Crippen LogP) is 3.55. The summed E-state index contributed by atoms with van der Waals surface area (Å²) in [7, 11) is 1.74. The molecular weight excluding hydrogens is 356 g/mol. The first-order valence-electron chi connectivity index (χ1n) is 9.42. The summed E-state index contributed by atoms with van der Waals surface area (Å²) in [4.78, 5) is 39.8. The lowest BCUT2D eigenvalue weighted by Gasteiger charge is -2.26. The van der Waals surface area contributed by atoms with Gasteiger partial charge in [0.1, 0.15) is 5.69 Å². The number of carbonyl (C=O) groups is 3. The Morgan fingerprint density at radius 2 is 1.71 bits per heavy atom. The molecule has 28 heavy (non-hydrogen) atoms. The Balaban J connectivity index is 2.36. The van der Waals surface area contributed by atoms with E-state index in [2.05, 4.69) is 0 Å². The Kier molecular flexibility index (Phi) is 6.78. The maximum Gasteiger partial charge on any atom is 0.355 e. The molecule has 0 unspecified atom stereocenters. The highest BCUT2D eigenvalue weighted by atomic mass is 16.5. The number of benzene rings is 1. The third-order valence-electron chi connectivity index (χ3n) is 4.90. The van der Waals surface area contributed by atoms with Crippen molar-refractivity contribution in [2.24, 2.45) is 7.05 Å². The highest BCUT2D eigenvalue weighted by molar-refractivity contribution is 6.06. The first kappa shape index (κ1) is 21.4. The van der Waals surface area contributed by atoms with E-state index in [0.29, 0.717) is 28.1 Å². The zero-order valence-corrected chi connectivity index (χ0v) is 17.4. The van der Waals surface area contributed by atoms with Crippen LogP contribution in [0.2, 0.25) is 0 Å². The van der Waals surface area contributed by atoms with Gasteiger partial charge < -0.3 is 14.2 Å². The molecule has 0 N–H and O–H groups in total. The van der Waals surface area contributed by atoms with Crippen LogP contribution in [0.5, 0.6) is 0 Å². The first-order valence-corrected chi connectivity index (χ1v) is 9.42. The van der Waals surface area contributed by atoms with Gasteiger partial charge in [0.15, 0.2) is 5.78 Å². The summed E-state index contributed by atoms with van der Waals surface area (Å²) in [5.74, 6) is -0.842. The second kappa shape index (κ2) is 8.87. The molecular formula is C22H28N2O4. The topological polar surface area (TPSA) is 68.6 Å². The van der Waals surface area contributed by atoms with Crippen molar-refractivity contribution in [1.82, 2.24) is 9.47 Å². The van der Waals surface area contributed by atoms with Gasteiger partial charge in [-0.2, -0.15) is 0 Å². The SMILES string of the molecule is CCOC(=O)c1c(C)c(C(=O)CN(C(=O)c2ccccc2)C(C)C)c(C)n1C. The average molecular weight is 384 g/mol. The van der Waals surface area contributed by atoms with Crippen molar-refractivity contribution in [2.45, 2.75) is 40.7 Å². The van der Waals surface area contributed by atoms with Crippen molar-refractivity contribution in [3.63, 3.8) is 0 Å². The van der Waals surface area contributed by atoms with Gasteiger partial charge in [0.05, 0.1) is 13.2 Å². The summed E-state index contributed by atoms with van der Waals surface area (Å²) in [6.45, 7) is 9.24. The van der Waals surface area contributed by atoms with E-state index in [1.54, 1.807) is 61.6 Å². The molecule has 0 atom stereocenters. The molecule has 0 aliphatic rings. The van der Waals surface area contributed by atoms with E-state index in [1.807, 2.05) is 19.9 Å². The molecule has 2 rings (SSSR count). The number of ether oxygens (including phenoxy) is 1. The molecule has 0 fully saturated rings. The predicted molar refractivity (Wildman–Crippen MR) is 108 cm³/mol. The van der Waals surface area contributed by atoms with Crippen molar-refractivity contribution in [3.05, 3.63) is 58.4 Å². The van der Waals surface area contributed by atoms with Crippen LogP contribution in [0.15, 0.2) is 30.3 Å². The van der Waals surface area contributed by atoms with Gasteiger partial charge >= 0.3 is 5.97 Å². The Hall–Kier alpha value is -2.89. The lowest BCUT2D eigenvalue weighted by atomic mass is 10.0. The highest BCUT2D eigenvalue weighted by Gasteiger charge is 2.28. The Bertz CT molecular complexity index is 882. The normalized spacial score (nSPS) is 10.8. The molecule has 6 nitrogen and oxygen atoms in total. The molecule has 2 aromatic rings. The van der Waals surface area contributed by atoms with Gasteiger partial charge in [-0.15, -0.1) is 0 Å². The Morgan fingerprint density at radius 3 is 2.25 bits per heavy atom. The quantitative estimate of drug-likeness (QED) is 0.541. The molecule has 0 saturated heterocycles. The second-order valence-electron chi connectivity index (χ2n) is 7.03. The number of Topliss-reactive ketones (excluding diaryl/α,β-unsaturated/α-hetero) is 1. The number of nitrogens with zero attached hydrogens (tertiary/aromatic N) is 2. The molecule has 1 heterocycles. The molecule has 1 aromatic carbocycles. The van der Waals surface area contributed by atoms with Crippen molar-refractivity contribution < 1.29 is 19.1 Å². The number of hydrogen-bond donors (Lipinski definition) is 0. The van der Waals surface area contributed by atoms with Gasteiger partial charge in [0, 0.05) is 29.9 Å². The highest BCUT2D eigenvalue weighted by Crippen LogP contribution is 2.23. The number of hydrogen-bond acceptors (Lipinski definition) is 4. The third-order valence-corrected chi connectivity index (χ3v) is 4.90. The van der Waals surface area contributed by atoms with Gasteiger partial charge in [-0.1, -0.05) is 18.2 Å². The van der Waals surface area contributed by atoms with Gasteiger partial charge in [0.2, 0.25) is 0 Å². The number of ketones is 1. The number of aromatic nitrogens is 1. The van der Waals surface area contributed by atoms with E-state index in [0.717, 1.165) is 0 Å². The van der Waals surface area contributed by atoms with Crippen LogP contribution < -0.4 is 0 Å². The molecule has 150 valence electrons. The van der Waals surface area contributed by atoms with Crippen LogP contribution in [0.4, 0.5) is 0 Å². The third kappa shape index (κ3) is 4.16. The number of carbonyl (C=O) groups excluding carboxylic acids is 3. The van der Waals surface area contributed by atoms with Crippen molar-refractivity contribution in [2.75, 3.05) is 13.2 Å². The summed E-state index contributed by atoms with van der Waals surface area (Å²) in [5, 5.41) is 0. The van der Waals surface area contributed by atoms with Crippen LogP contribution in [0, 0.1) is 13.8 Å². The monoisotopic (exact) mass is 384 g/mol. The summed E-state index contributed by atoms with van der Waals surface area (Å²) in [6, 6.07) is 8.76. The van der Waals surface area contributed by atoms with Gasteiger partial charge in [-0.25, -0.2) is 4.79 Å². The molecule has 0 radical (unpaired) electrons. The molecule has 1 amide bonds. The maximum atomic E-state index is 13.1. The molecule has 0 spiro atoms. The summed E-state index contributed by atoms with van der Waals surface area (Å²) in [6.07, 6.45) is 0. The van der Waals surface area contributed by atoms with E-state index < -0.39 is 5.97 Å². The molecule has 0 saturated carbocycles. The van der Waals surface area contributed by atoms with Crippen LogP contribution in [0.3, 0.4) is 0 Å². The average Bonchev–Trinajstić information content (AvgIpc) is 2.88. The van der Waals surface area contributed by atoms with E-state index in [9.17, 15) is 14.4 Å². The first-order chi connectivity index (χ1) is 13.2. The van der Waals surface area contributed by atoms with E-state index in [4.69, 9.17) is 4.74 Å². The largest absolute Gasteiger partial charge is 0.461 e. The fourth-order valence-corrected chi connectivity index (χ4v) is 3.35. The van der Waals surface area contributed by atoms with Crippen LogP contribution in [0.1, 0.15) is 63.2 Å². The molecule has 1 aromatic heterocycles. The minimum absolute atomic E-state index is 0.0562. The number of amides is 1. The summed E-state index contributed by atoms with van der Waals surface area (Å²) in [5.41, 5.74) is 2.64. The minimum Gasteiger partial charge on any atom is -0.461 e. The summed E-state index contributed by atoms with van der Waals surface area (Å²) < 4.78 is 6.80. The lowest BCUT2D eigenvalue weighted by Crippen LogP contribution is -2.41. The van der Waals surface area contributed by atoms with Crippen LogP contribution in [0.25, 0.3) is 0 Å². The smallest absolute Gasteiger partial charge is 0.355 e. The van der Waals surface area contributed by atoms with Crippen molar-refractivity contribution in [1.29, 1.82) is 0 Å². The standard InChI is InChI=1S/C22H28N2O4/c1-7-28-22(27)20-15(4)19(16(5)23(20)6)18(25)13-24(14(2)3)21(26)17-11-9-8-10-12-17/h8-12,14H,7,13H2,1-6H3. The second-order valence-corrected chi connectivity index (χ2v) is 7.03. The fourth-order valence-electron chi connectivity index (χ4n) is 3.35. The molecule has 6 heteroatoms. The number of rotatable bonds is 7. The van der Waals surface area contributed by atoms with Crippen molar-refractivity contribution in [3.8, 4) is 0 Å². The Morgan fingerprint density at radius 1 is 1.11 bits per heavy atom. The van der Waals surface area contributed by atoms with Crippen LogP contribution in [-0.4, -0.2) is 46.3 Å². The Labute approximate surface area is 166 Å². The van der Waals surface area contributed by atoms with Gasteiger partial charge in [0.25, 0.3) is 5.91 Å². The maximum absolute atomic E-state index is 13.1. The van der Waals surface area contributed by atoms with E-state index in [-0.39, 0.29) is 30.9 Å². The van der Waals surface area contributed by atoms with Gasteiger partial charge in [-0.3, -0.25) is 9.59 Å². The lowest BCUT2D eigenvalue weighted by molar-refractivity contribution is 0.0513. The van der Waals surface area contributed by atoms with E-state index >= 15 is 0 Å². The zero-order chi connectivity index (χ0) is 21.0. The number of esters is 1. The van der Waals surface area contributed by atoms with Gasteiger partial charge in [-0.05, 0) is 52.3 Å². The van der Waals surface area contributed by atoms with E-state index in [1.165, 1.54) is 0 Å². The molecule has 0 bridgehead atoms. The zero-order valence-electron chi connectivity index (χ0n) is 17.4. The molecule has 0 aliphatic carbocycles. The van der Waals surface area contributed by atoms with Crippen LogP contribution in [-0.2, 0) is 11.8 Å². The van der Waals surface area contributed by atoms with Crippen LogP contribution >= 0.6 is 0 Å². The minimum atomic E-state index is -0.453.